The Balaban J connectivity index is 3.11. The second-order valence-electron chi connectivity index (χ2n) is 3.19. The zero-order chi connectivity index (χ0) is 12.5. The van der Waals surface area contributed by atoms with E-state index in [9.17, 15) is 15.0 Å². The Hall–Kier alpha value is -2.31. The zero-order valence-electron chi connectivity index (χ0n) is 8.30. The maximum Gasteiger partial charge on any atom is 0.325 e. The minimum Gasteiger partial charge on any atom is -0.504 e. The molecule has 1 unspecified atom stereocenters. The molecular formula is C9H11NO6. The largest absolute Gasteiger partial charge is 0.504 e. The number of phenolic OH excluding ortho intramolecular Hbond substituents is 4. The van der Waals surface area contributed by atoms with Gasteiger partial charge in [-0.05, 0) is 6.92 Å². The summed E-state index contributed by atoms with van der Waals surface area (Å²) in [6.07, 6.45) is 0. The highest BCUT2D eigenvalue weighted by atomic mass is 16.4. The standard InChI is InChI=1S/C9H11NO6/c1-3(9(15)16)10-4-2-5(11)7(13)8(14)6(4)12/h2-3,10-14H,1H3,(H,15,16). The van der Waals surface area contributed by atoms with E-state index >= 15 is 0 Å². The maximum atomic E-state index is 10.5. The molecule has 0 bridgehead atoms. The molecule has 0 spiro atoms. The lowest BCUT2D eigenvalue weighted by molar-refractivity contribution is -0.137. The second kappa shape index (κ2) is 4.05. The van der Waals surface area contributed by atoms with Gasteiger partial charge in [0.1, 0.15) is 6.04 Å². The van der Waals surface area contributed by atoms with Crippen LogP contribution >= 0.6 is 0 Å². The second-order valence-corrected chi connectivity index (χ2v) is 3.19. The highest BCUT2D eigenvalue weighted by Gasteiger charge is 2.19. The normalized spacial score (nSPS) is 12.1. The number of rotatable bonds is 3. The molecule has 0 aromatic heterocycles. The molecule has 0 aliphatic heterocycles. The molecule has 0 aliphatic rings. The summed E-state index contributed by atoms with van der Waals surface area (Å²) < 4.78 is 0. The number of hydrogen-bond donors (Lipinski definition) is 6. The molecule has 1 rings (SSSR count). The van der Waals surface area contributed by atoms with Gasteiger partial charge in [-0.1, -0.05) is 0 Å². The summed E-state index contributed by atoms with van der Waals surface area (Å²) in [5.74, 6) is -4.36. The van der Waals surface area contributed by atoms with Crippen molar-refractivity contribution in [1.82, 2.24) is 0 Å². The van der Waals surface area contributed by atoms with Crippen LogP contribution in [0.25, 0.3) is 0 Å². The van der Waals surface area contributed by atoms with Crippen LogP contribution in [0.4, 0.5) is 5.69 Å². The van der Waals surface area contributed by atoms with Gasteiger partial charge in [0.15, 0.2) is 11.5 Å². The molecule has 7 heteroatoms. The molecule has 7 nitrogen and oxygen atoms in total. The lowest BCUT2D eigenvalue weighted by atomic mass is 10.2. The maximum absolute atomic E-state index is 10.5. The van der Waals surface area contributed by atoms with E-state index in [0.717, 1.165) is 6.07 Å². The molecule has 1 aromatic rings. The molecule has 0 heterocycles. The Bertz CT molecular complexity index is 430. The first-order valence-electron chi connectivity index (χ1n) is 4.30. The van der Waals surface area contributed by atoms with Gasteiger partial charge in [0, 0.05) is 6.07 Å². The van der Waals surface area contributed by atoms with Crippen molar-refractivity contribution < 1.29 is 30.3 Å². The van der Waals surface area contributed by atoms with Crippen molar-refractivity contribution in [1.29, 1.82) is 0 Å². The van der Waals surface area contributed by atoms with E-state index in [1.54, 1.807) is 0 Å². The fourth-order valence-electron chi connectivity index (χ4n) is 1.04. The Morgan fingerprint density at radius 2 is 1.75 bits per heavy atom. The summed E-state index contributed by atoms with van der Waals surface area (Å²) >= 11 is 0. The number of benzene rings is 1. The average Bonchev–Trinajstić information content (AvgIpc) is 2.22. The van der Waals surface area contributed by atoms with Crippen LogP contribution in [0.5, 0.6) is 23.0 Å². The van der Waals surface area contributed by atoms with Crippen LogP contribution in [0, 0.1) is 0 Å². The van der Waals surface area contributed by atoms with Gasteiger partial charge in [0.2, 0.25) is 11.5 Å². The highest BCUT2D eigenvalue weighted by Crippen LogP contribution is 2.46. The van der Waals surface area contributed by atoms with Crippen molar-refractivity contribution >= 4 is 11.7 Å². The van der Waals surface area contributed by atoms with Crippen LogP contribution < -0.4 is 5.32 Å². The average molecular weight is 229 g/mol. The quantitative estimate of drug-likeness (QED) is 0.326. The van der Waals surface area contributed by atoms with Crippen LogP contribution in [-0.4, -0.2) is 37.5 Å². The van der Waals surface area contributed by atoms with Crippen molar-refractivity contribution in [2.24, 2.45) is 0 Å². The third kappa shape index (κ3) is 2.02. The number of carboxylic acids is 1. The fourth-order valence-corrected chi connectivity index (χ4v) is 1.04. The first-order valence-corrected chi connectivity index (χ1v) is 4.30. The molecule has 0 saturated heterocycles. The minimum atomic E-state index is -1.17. The summed E-state index contributed by atoms with van der Waals surface area (Å²) in [5.41, 5.74) is -0.192. The summed E-state index contributed by atoms with van der Waals surface area (Å²) in [6.45, 7) is 1.31. The Kier molecular flexibility index (Phi) is 2.98. The van der Waals surface area contributed by atoms with Crippen molar-refractivity contribution in [2.45, 2.75) is 13.0 Å². The number of carboxylic acid groups (broad SMARTS) is 1. The van der Waals surface area contributed by atoms with Crippen LogP contribution in [-0.2, 0) is 4.79 Å². The lowest BCUT2D eigenvalue weighted by Gasteiger charge is -2.14. The van der Waals surface area contributed by atoms with E-state index in [2.05, 4.69) is 5.32 Å². The van der Waals surface area contributed by atoms with Crippen molar-refractivity contribution in [3.8, 4) is 23.0 Å². The summed E-state index contributed by atoms with van der Waals surface area (Å²) in [7, 11) is 0. The molecule has 0 aliphatic carbocycles. The summed E-state index contributed by atoms with van der Waals surface area (Å²) in [5, 5.41) is 47.7. The number of aromatic hydroxyl groups is 4. The van der Waals surface area contributed by atoms with Gasteiger partial charge < -0.3 is 30.8 Å². The van der Waals surface area contributed by atoms with Crippen molar-refractivity contribution in [3.63, 3.8) is 0 Å². The van der Waals surface area contributed by atoms with Gasteiger partial charge >= 0.3 is 5.97 Å². The Labute approximate surface area is 90.2 Å². The third-order valence-corrected chi connectivity index (χ3v) is 1.97. The van der Waals surface area contributed by atoms with Crippen molar-refractivity contribution in [3.05, 3.63) is 6.07 Å². The lowest BCUT2D eigenvalue weighted by Crippen LogP contribution is -2.25. The molecule has 0 fully saturated rings. The van der Waals surface area contributed by atoms with Crippen LogP contribution in [0.3, 0.4) is 0 Å². The first-order chi connectivity index (χ1) is 7.34. The summed E-state index contributed by atoms with van der Waals surface area (Å²) in [6, 6.07) is -0.127. The first kappa shape index (κ1) is 11.8. The molecule has 1 aromatic carbocycles. The Morgan fingerprint density at radius 1 is 1.19 bits per heavy atom. The van der Waals surface area contributed by atoms with Gasteiger partial charge in [-0.25, -0.2) is 0 Å². The van der Waals surface area contributed by atoms with Gasteiger partial charge in [-0.2, -0.15) is 0 Å². The topological polar surface area (TPSA) is 130 Å². The number of nitrogens with one attached hydrogen (secondary N) is 1. The van der Waals surface area contributed by atoms with Gasteiger partial charge in [0.05, 0.1) is 5.69 Å². The predicted octanol–water partition coefficient (Wildman–Crippen LogP) is 0.394. The van der Waals surface area contributed by atoms with E-state index in [1.807, 2.05) is 0 Å². The van der Waals surface area contributed by atoms with E-state index < -0.39 is 35.0 Å². The Morgan fingerprint density at radius 3 is 2.25 bits per heavy atom. The van der Waals surface area contributed by atoms with Crippen LogP contribution in [0.1, 0.15) is 6.92 Å². The molecule has 6 N–H and O–H groups in total. The van der Waals surface area contributed by atoms with Crippen molar-refractivity contribution in [2.75, 3.05) is 5.32 Å². The highest BCUT2D eigenvalue weighted by molar-refractivity contribution is 5.79. The SMILES string of the molecule is CC(Nc1cc(O)c(O)c(O)c1O)C(=O)O. The number of anilines is 1. The van der Waals surface area contributed by atoms with E-state index in [-0.39, 0.29) is 5.69 Å². The molecule has 16 heavy (non-hydrogen) atoms. The third-order valence-electron chi connectivity index (χ3n) is 1.97. The van der Waals surface area contributed by atoms with E-state index in [0.29, 0.717) is 0 Å². The molecule has 0 amide bonds. The minimum absolute atomic E-state index is 0.192. The number of aliphatic carboxylic acids is 1. The van der Waals surface area contributed by atoms with Crippen LogP contribution in [0.15, 0.2) is 6.07 Å². The fraction of sp³-hybridized carbons (Fsp3) is 0.222. The molecule has 88 valence electrons. The van der Waals surface area contributed by atoms with Gasteiger partial charge in [0.25, 0.3) is 0 Å². The van der Waals surface area contributed by atoms with E-state index in [1.165, 1.54) is 6.92 Å². The predicted molar refractivity (Wildman–Crippen MR) is 53.8 cm³/mol. The molecule has 1 atom stereocenters. The zero-order valence-corrected chi connectivity index (χ0v) is 8.30. The number of carbonyl (C=O) groups is 1. The molecular weight excluding hydrogens is 218 g/mol. The monoisotopic (exact) mass is 229 g/mol. The summed E-state index contributed by atoms with van der Waals surface area (Å²) in [4.78, 5) is 10.5. The van der Waals surface area contributed by atoms with Crippen LogP contribution in [0.2, 0.25) is 0 Å². The molecule has 0 radical (unpaired) electrons. The smallest absolute Gasteiger partial charge is 0.325 e. The molecule has 0 saturated carbocycles. The van der Waals surface area contributed by atoms with Gasteiger partial charge in [-0.15, -0.1) is 0 Å². The number of hydrogen-bond acceptors (Lipinski definition) is 6. The number of phenols is 4. The van der Waals surface area contributed by atoms with Gasteiger partial charge in [-0.3, -0.25) is 4.79 Å². The van der Waals surface area contributed by atoms with E-state index in [4.69, 9.17) is 15.3 Å².